The van der Waals surface area contributed by atoms with Crippen LogP contribution in [-0.2, 0) is 6.54 Å². The Morgan fingerprint density at radius 1 is 1.40 bits per heavy atom. The van der Waals surface area contributed by atoms with Gasteiger partial charge >= 0.3 is 0 Å². The van der Waals surface area contributed by atoms with Crippen LogP contribution in [0.3, 0.4) is 0 Å². The molecule has 0 aliphatic carbocycles. The predicted molar refractivity (Wildman–Crippen MR) is 57.5 cm³/mol. The van der Waals surface area contributed by atoms with Gasteiger partial charge in [-0.15, -0.1) is 0 Å². The summed E-state index contributed by atoms with van der Waals surface area (Å²) in [4.78, 5) is 2.06. The van der Waals surface area contributed by atoms with Crippen molar-refractivity contribution in [2.75, 3.05) is 13.6 Å². The van der Waals surface area contributed by atoms with E-state index < -0.39 is 0 Å². The second-order valence-corrected chi connectivity index (χ2v) is 3.85. The summed E-state index contributed by atoms with van der Waals surface area (Å²) in [6.45, 7) is 3.36. The highest BCUT2D eigenvalue weighted by Crippen LogP contribution is 2.06. The van der Waals surface area contributed by atoms with Crippen molar-refractivity contribution in [1.29, 1.82) is 5.26 Å². The van der Waals surface area contributed by atoms with E-state index in [0.717, 1.165) is 18.7 Å². The lowest BCUT2D eigenvalue weighted by atomic mass is 10.1. The molecule has 0 aromatic heterocycles. The van der Waals surface area contributed by atoms with Gasteiger partial charge in [-0.05, 0) is 31.7 Å². The minimum atomic E-state index is -0.216. The second kappa shape index (κ2) is 5.47. The van der Waals surface area contributed by atoms with Gasteiger partial charge in [0, 0.05) is 13.1 Å². The molecule has 0 amide bonds. The zero-order valence-electron chi connectivity index (χ0n) is 9.07. The summed E-state index contributed by atoms with van der Waals surface area (Å²) in [5.41, 5.74) is 1.06. The van der Waals surface area contributed by atoms with E-state index in [4.69, 9.17) is 5.26 Å². The SMILES string of the molecule is C[C@H](C#N)CN(C)Cc1ccc(F)cc1. The van der Waals surface area contributed by atoms with Crippen molar-refractivity contribution in [3.8, 4) is 6.07 Å². The van der Waals surface area contributed by atoms with E-state index in [2.05, 4.69) is 11.0 Å². The summed E-state index contributed by atoms with van der Waals surface area (Å²) in [7, 11) is 1.96. The average molecular weight is 206 g/mol. The molecule has 0 radical (unpaired) electrons. The van der Waals surface area contributed by atoms with E-state index in [1.807, 2.05) is 14.0 Å². The fourth-order valence-electron chi connectivity index (χ4n) is 1.47. The van der Waals surface area contributed by atoms with Crippen molar-refractivity contribution in [3.05, 3.63) is 35.6 Å². The van der Waals surface area contributed by atoms with Crippen LogP contribution in [-0.4, -0.2) is 18.5 Å². The molecule has 0 saturated carbocycles. The molecule has 0 saturated heterocycles. The monoisotopic (exact) mass is 206 g/mol. The van der Waals surface area contributed by atoms with E-state index >= 15 is 0 Å². The van der Waals surface area contributed by atoms with Gasteiger partial charge in [0.05, 0.1) is 12.0 Å². The molecule has 1 rings (SSSR count). The third-order valence-corrected chi connectivity index (χ3v) is 2.17. The van der Waals surface area contributed by atoms with E-state index in [9.17, 15) is 4.39 Å². The molecule has 0 aliphatic rings. The zero-order valence-corrected chi connectivity index (χ0v) is 9.07. The summed E-state index contributed by atoms with van der Waals surface area (Å²) in [6, 6.07) is 8.63. The first-order valence-electron chi connectivity index (χ1n) is 4.94. The maximum absolute atomic E-state index is 12.6. The van der Waals surface area contributed by atoms with Gasteiger partial charge in [0.1, 0.15) is 5.82 Å². The lowest BCUT2D eigenvalue weighted by Crippen LogP contribution is -2.23. The van der Waals surface area contributed by atoms with Crippen LogP contribution in [0, 0.1) is 23.1 Å². The molecule has 1 aromatic carbocycles. The minimum absolute atomic E-state index is 0.0236. The topological polar surface area (TPSA) is 27.0 Å². The van der Waals surface area contributed by atoms with Gasteiger partial charge in [-0.3, -0.25) is 0 Å². The van der Waals surface area contributed by atoms with Gasteiger partial charge in [-0.2, -0.15) is 5.26 Å². The van der Waals surface area contributed by atoms with E-state index in [0.29, 0.717) is 0 Å². The van der Waals surface area contributed by atoms with Crippen LogP contribution in [0.4, 0.5) is 4.39 Å². The summed E-state index contributed by atoms with van der Waals surface area (Å²) < 4.78 is 12.6. The summed E-state index contributed by atoms with van der Waals surface area (Å²) in [5.74, 6) is -0.192. The Balaban J connectivity index is 2.48. The summed E-state index contributed by atoms with van der Waals surface area (Å²) in [5, 5.41) is 8.66. The first kappa shape index (κ1) is 11.7. The van der Waals surface area contributed by atoms with Crippen molar-refractivity contribution < 1.29 is 4.39 Å². The number of nitriles is 1. The van der Waals surface area contributed by atoms with Gasteiger partial charge in [0.15, 0.2) is 0 Å². The molecule has 2 nitrogen and oxygen atoms in total. The Bertz CT molecular complexity index is 340. The molecule has 3 heteroatoms. The van der Waals surface area contributed by atoms with Crippen LogP contribution in [0.5, 0.6) is 0 Å². The number of hydrogen-bond acceptors (Lipinski definition) is 2. The van der Waals surface area contributed by atoms with Crippen LogP contribution < -0.4 is 0 Å². The molecule has 1 aromatic rings. The summed E-state index contributed by atoms with van der Waals surface area (Å²) in [6.07, 6.45) is 0. The first-order valence-corrected chi connectivity index (χ1v) is 4.94. The smallest absolute Gasteiger partial charge is 0.123 e. The lowest BCUT2D eigenvalue weighted by molar-refractivity contribution is 0.303. The normalized spacial score (nSPS) is 12.5. The molecule has 0 spiro atoms. The minimum Gasteiger partial charge on any atom is -0.301 e. The Morgan fingerprint density at radius 3 is 2.53 bits per heavy atom. The molecule has 0 unspecified atom stereocenters. The average Bonchev–Trinajstić information content (AvgIpc) is 2.21. The highest BCUT2D eigenvalue weighted by atomic mass is 19.1. The van der Waals surface area contributed by atoms with Crippen molar-refractivity contribution >= 4 is 0 Å². The second-order valence-electron chi connectivity index (χ2n) is 3.85. The van der Waals surface area contributed by atoms with Crippen LogP contribution in [0.1, 0.15) is 12.5 Å². The Hall–Kier alpha value is -1.40. The maximum Gasteiger partial charge on any atom is 0.123 e. The van der Waals surface area contributed by atoms with Gasteiger partial charge in [0.25, 0.3) is 0 Å². The molecule has 0 aliphatic heterocycles. The van der Waals surface area contributed by atoms with E-state index in [1.165, 1.54) is 12.1 Å². The van der Waals surface area contributed by atoms with Crippen LogP contribution in [0.15, 0.2) is 24.3 Å². The molecule has 80 valence electrons. The molecule has 0 N–H and O–H groups in total. The van der Waals surface area contributed by atoms with Crippen LogP contribution >= 0.6 is 0 Å². The summed E-state index contributed by atoms with van der Waals surface area (Å²) >= 11 is 0. The van der Waals surface area contributed by atoms with Crippen LogP contribution in [0.25, 0.3) is 0 Å². The largest absolute Gasteiger partial charge is 0.301 e. The van der Waals surface area contributed by atoms with Gasteiger partial charge in [0.2, 0.25) is 0 Å². The molecule has 0 fully saturated rings. The molecular formula is C12H15FN2. The Labute approximate surface area is 89.9 Å². The first-order chi connectivity index (χ1) is 7.11. The number of rotatable bonds is 4. The molecule has 15 heavy (non-hydrogen) atoms. The fraction of sp³-hybridized carbons (Fsp3) is 0.417. The van der Waals surface area contributed by atoms with Crippen molar-refractivity contribution in [1.82, 2.24) is 4.90 Å². The third-order valence-electron chi connectivity index (χ3n) is 2.17. The number of hydrogen-bond donors (Lipinski definition) is 0. The third kappa shape index (κ3) is 4.09. The van der Waals surface area contributed by atoms with Crippen molar-refractivity contribution in [2.24, 2.45) is 5.92 Å². The van der Waals surface area contributed by atoms with E-state index in [1.54, 1.807) is 12.1 Å². The highest BCUT2D eigenvalue weighted by Gasteiger charge is 2.05. The Morgan fingerprint density at radius 2 is 2.00 bits per heavy atom. The van der Waals surface area contributed by atoms with Gasteiger partial charge in [-0.25, -0.2) is 4.39 Å². The standard InChI is InChI=1S/C12H15FN2/c1-10(7-14)8-15(2)9-11-3-5-12(13)6-4-11/h3-6,10H,8-9H2,1-2H3/t10-/m1/s1. The molecular weight excluding hydrogens is 191 g/mol. The zero-order chi connectivity index (χ0) is 11.3. The number of benzene rings is 1. The number of halogens is 1. The predicted octanol–water partition coefficient (Wildman–Crippen LogP) is 2.42. The van der Waals surface area contributed by atoms with Crippen molar-refractivity contribution in [3.63, 3.8) is 0 Å². The highest BCUT2D eigenvalue weighted by molar-refractivity contribution is 5.15. The molecule has 1 atom stereocenters. The van der Waals surface area contributed by atoms with E-state index in [-0.39, 0.29) is 11.7 Å². The molecule has 0 bridgehead atoms. The Kier molecular flexibility index (Phi) is 4.26. The van der Waals surface area contributed by atoms with Crippen molar-refractivity contribution in [2.45, 2.75) is 13.5 Å². The number of nitrogens with zero attached hydrogens (tertiary/aromatic N) is 2. The molecule has 0 heterocycles. The quantitative estimate of drug-likeness (QED) is 0.756. The van der Waals surface area contributed by atoms with Gasteiger partial charge < -0.3 is 4.90 Å². The van der Waals surface area contributed by atoms with Crippen LogP contribution in [0.2, 0.25) is 0 Å². The maximum atomic E-state index is 12.6. The fourth-order valence-corrected chi connectivity index (χ4v) is 1.47. The lowest BCUT2D eigenvalue weighted by Gasteiger charge is -2.17. The van der Waals surface area contributed by atoms with Gasteiger partial charge in [-0.1, -0.05) is 12.1 Å².